The van der Waals surface area contributed by atoms with Crippen LogP contribution in [0.15, 0.2) is 78.0 Å². The van der Waals surface area contributed by atoms with Crippen molar-refractivity contribution in [3.8, 4) is 0 Å². The van der Waals surface area contributed by atoms with E-state index < -0.39 is 16.0 Å². The van der Waals surface area contributed by atoms with Crippen molar-refractivity contribution in [3.63, 3.8) is 0 Å². The number of ether oxygens (including phenoxy) is 2. The van der Waals surface area contributed by atoms with Gasteiger partial charge in [-0.15, -0.1) is 11.8 Å². The zero-order chi connectivity index (χ0) is 25.5. The predicted molar refractivity (Wildman–Crippen MR) is 142 cm³/mol. The fourth-order valence-electron chi connectivity index (χ4n) is 3.71. The molecule has 190 valence electrons. The van der Waals surface area contributed by atoms with Crippen molar-refractivity contribution in [1.82, 2.24) is 10.3 Å². The number of carbonyl (C=O) groups excluding carboxylic acids is 1. The Hall–Kier alpha value is -1.84. The molecule has 0 saturated carbocycles. The Morgan fingerprint density at radius 3 is 2.33 bits per heavy atom. The second kappa shape index (κ2) is 12.6. The SMILES string of the molecule is O=C(NCc1ccc([C@H]2O[C@@H](CSc3ccccn3)C[C@@H](c3ccc(CO)cc3)O2)cc1)C(Cl)(Cl)Cl. The quantitative estimate of drug-likeness (QED) is 0.261. The van der Waals surface area contributed by atoms with Gasteiger partial charge < -0.3 is 19.9 Å². The standard InChI is InChI=1S/C26H25Cl3N2O4S/c27-26(28,29)25(33)31-14-17-4-10-20(11-5-17)24-34-21(16-36-23-3-1-2-12-30-23)13-22(35-24)19-8-6-18(15-32)7-9-19/h1-12,21-22,24,32H,13-16H2,(H,31,33)/t21-,22+,24+/m1/s1. The molecule has 6 nitrogen and oxygen atoms in total. The van der Waals surface area contributed by atoms with Crippen LogP contribution >= 0.6 is 46.6 Å². The van der Waals surface area contributed by atoms with Gasteiger partial charge in [0.05, 0.1) is 23.8 Å². The van der Waals surface area contributed by atoms with Crippen molar-refractivity contribution >= 4 is 52.5 Å². The summed E-state index contributed by atoms with van der Waals surface area (Å²) in [5, 5.41) is 12.9. The summed E-state index contributed by atoms with van der Waals surface area (Å²) in [7, 11) is 0. The lowest BCUT2D eigenvalue weighted by atomic mass is 10.0. The van der Waals surface area contributed by atoms with Gasteiger partial charge in [-0.25, -0.2) is 4.98 Å². The van der Waals surface area contributed by atoms with Gasteiger partial charge in [-0.2, -0.15) is 0 Å². The lowest BCUT2D eigenvalue weighted by Gasteiger charge is -2.36. The molecule has 0 spiro atoms. The molecular formula is C26H25Cl3N2O4S. The summed E-state index contributed by atoms with van der Waals surface area (Å²) < 4.78 is 10.7. The smallest absolute Gasteiger partial charge is 0.272 e. The summed E-state index contributed by atoms with van der Waals surface area (Å²) in [6.07, 6.45) is 1.66. The summed E-state index contributed by atoms with van der Waals surface area (Å²) >= 11 is 18.5. The van der Waals surface area contributed by atoms with Gasteiger partial charge in [0.15, 0.2) is 6.29 Å². The number of aliphatic hydroxyl groups excluding tert-OH is 1. The summed E-state index contributed by atoms with van der Waals surface area (Å²) in [5.74, 6) is 0.0438. The van der Waals surface area contributed by atoms with Gasteiger partial charge in [-0.05, 0) is 28.8 Å². The highest BCUT2D eigenvalue weighted by atomic mass is 35.6. The van der Waals surface area contributed by atoms with E-state index in [0.29, 0.717) is 6.42 Å². The van der Waals surface area contributed by atoms with E-state index in [2.05, 4.69) is 10.3 Å². The second-order valence-electron chi connectivity index (χ2n) is 8.25. The van der Waals surface area contributed by atoms with Gasteiger partial charge in [-0.1, -0.05) is 89.4 Å². The van der Waals surface area contributed by atoms with Crippen LogP contribution in [-0.4, -0.2) is 31.6 Å². The van der Waals surface area contributed by atoms with Gasteiger partial charge in [0, 0.05) is 30.5 Å². The van der Waals surface area contributed by atoms with Crippen LogP contribution < -0.4 is 5.32 Å². The number of nitrogens with zero attached hydrogens (tertiary/aromatic N) is 1. The molecule has 1 saturated heterocycles. The van der Waals surface area contributed by atoms with Crippen LogP contribution in [0.1, 0.15) is 41.1 Å². The van der Waals surface area contributed by atoms with Crippen LogP contribution in [0.5, 0.6) is 0 Å². The normalized spacial score (nSPS) is 20.2. The summed E-state index contributed by atoms with van der Waals surface area (Å²) in [6, 6.07) is 21.2. The van der Waals surface area contributed by atoms with Crippen molar-refractivity contribution in [1.29, 1.82) is 0 Å². The molecular weight excluding hydrogens is 543 g/mol. The largest absolute Gasteiger partial charge is 0.392 e. The van der Waals surface area contributed by atoms with E-state index >= 15 is 0 Å². The molecule has 3 atom stereocenters. The Labute approximate surface area is 229 Å². The molecule has 1 aliphatic heterocycles. The van der Waals surface area contributed by atoms with Crippen molar-refractivity contribution in [2.24, 2.45) is 0 Å². The maximum absolute atomic E-state index is 11.8. The van der Waals surface area contributed by atoms with E-state index in [0.717, 1.165) is 33.0 Å². The van der Waals surface area contributed by atoms with E-state index in [1.807, 2.05) is 66.7 Å². The van der Waals surface area contributed by atoms with E-state index in [-0.39, 0.29) is 25.4 Å². The van der Waals surface area contributed by atoms with Gasteiger partial charge in [0.25, 0.3) is 9.70 Å². The molecule has 2 heterocycles. The Morgan fingerprint density at radius 2 is 1.69 bits per heavy atom. The number of nitrogens with one attached hydrogen (secondary N) is 1. The first-order valence-corrected chi connectivity index (χ1v) is 13.4. The molecule has 1 aliphatic rings. The number of benzene rings is 2. The molecule has 0 radical (unpaired) electrons. The van der Waals surface area contributed by atoms with Gasteiger partial charge in [0.2, 0.25) is 0 Å². The lowest BCUT2D eigenvalue weighted by Crippen LogP contribution is -2.34. The first-order valence-electron chi connectivity index (χ1n) is 11.3. The van der Waals surface area contributed by atoms with E-state index in [9.17, 15) is 9.90 Å². The first kappa shape index (κ1) is 27.2. The maximum atomic E-state index is 11.8. The van der Waals surface area contributed by atoms with Gasteiger partial charge in [0.1, 0.15) is 0 Å². The molecule has 1 aromatic heterocycles. The fraction of sp³-hybridized carbons (Fsp3) is 0.308. The number of hydrogen-bond donors (Lipinski definition) is 2. The fourth-order valence-corrected chi connectivity index (χ4v) is 4.79. The Balaban J connectivity index is 1.47. The van der Waals surface area contributed by atoms with Gasteiger partial charge in [-0.3, -0.25) is 4.79 Å². The van der Waals surface area contributed by atoms with E-state index in [4.69, 9.17) is 44.3 Å². The van der Waals surface area contributed by atoms with Crippen molar-refractivity contribution in [2.45, 2.75) is 46.9 Å². The third-order valence-corrected chi connectivity index (χ3v) is 7.22. The minimum absolute atomic E-state index is 0.00462. The number of aromatic nitrogens is 1. The number of amides is 1. The molecule has 2 aromatic carbocycles. The maximum Gasteiger partial charge on any atom is 0.272 e. The molecule has 1 amide bonds. The Kier molecular flexibility index (Phi) is 9.52. The lowest BCUT2D eigenvalue weighted by molar-refractivity contribution is -0.245. The van der Waals surface area contributed by atoms with Crippen LogP contribution in [0.4, 0.5) is 0 Å². The molecule has 3 aromatic rings. The monoisotopic (exact) mass is 566 g/mol. The number of rotatable bonds is 8. The summed E-state index contributed by atoms with van der Waals surface area (Å²) in [4.78, 5) is 16.2. The van der Waals surface area contributed by atoms with Crippen LogP contribution in [0.2, 0.25) is 0 Å². The number of aliphatic hydroxyl groups is 1. The zero-order valence-electron chi connectivity index (χ0n) is 19.1. The Morgan fingerprint density at radius 1 is 1.00 bits per heavy atom. The zero-order valence-corrected chi connectivity index (χ0v) is 22.2. The second-order valence-corrected chi connectivity index (χ2v) is 11.6. The van der Waals surface area contributed by atoms with Crippen LogP contribution in [0, 0.1) is 0 Å². The Bertz CT molecular complexity index is 1130. The predicted octanol–water partition coefficient (Wildman–Crippen LogP) is 5.90. The third kappa shape index (κ3) is 7.59. The van der Waals surface area contributed by atoms with Crippen molar-refractivity contribution in [2.75, 3.05) is 5.75 Å². The number of halogens is 3. The van der Waals surface area contributed by atoms with E-state index in [1.165, 1.54) is 0 Å². The van der Waals surface area contributed by atoms with Crippen LogP contribution in [0.3, 0.4) is 0 Å². The highest BCUT2D eigenvalue weighted by Gasteiger charge is 2.33. The highest BCUT2D eigenvalue weighted by molar-refractivity contribution is 7.99. The molecule has 2 N–H and O–H groups in total. The number of thioether (sulfide) groups is 1. The molecule has 10 heteroatoms. The minimum atomic E-state index is -2.00. The topological polar surface area (TPSA) is 80.7 Å². The van der Waals surface area contributed by atoms with Crippen molar-refractivity contribution in [3.05, 3.63) is 95.2 Å². The van der Waals surface area contributed by atoms with E-state index in [1.54, 1.807) is 18.0 Å². The minimum Gasteiger partial charge on any atom is -0.392 e. The van der Waals surface area contributed by atoms with Crippen LogP contribution in [0.25, 0.3) is 0 Å². The van der Waals surface area contributed by atoms with Crippen molar-refractivity contribution < 1.29 is 19.4 Å². The number of pyridine rings is 1. The molecule has 0 bridgehead atoms. The molecule has 36 heavy (non-hydrogen) atoms. The number of carbonyl (C=O) groups is 1. The first-order chi connectivity index (χ1) is 17.3. The average molecular weight is 568 g/mol. The third-order valence-electron chi connectivity index (χ3n) is 5.63. The molecule has 0 aliphatic carbocycles. The molecule has 0 unspecified atom stereocenters. The number of hydrogen-bond acceptors (Lipinski definition) is 6. The summed E-state index contributed by atoms with van der Waals surface area (Å²) in [6.45, 7) is 0.220. The average Bonchev–Trinajstić information content (AvgIpc) is 2.90. The highest BCUT2D eigenvalue weighted by Crippen LogP contribution is 2.39. The molecule has 4 rings (SSSR count). The molecule has 1 fully saturated rings. The van der Waals surface area contributed by atoms with Crippen LogP contribution in [-0.2, 0) is 27.4 Å². The summed E-state index contributed by atoms with van der Waals surface area (Å²) in [5.41, 5.74) is 3.58. The van der Waals surface area contributed by atoms with Gasteiger partial charge >= 0.3 is 0 Å². The number of alkyl halides is 3.